The van der Waals surface area contributed by atoms with E-state index >= 15 is 0 Å². The molecule has 0 aliphatic rings. The molecule has 11 heavy (non-hydrogen) atoms. The molecular weight excluding hydrogens is 148 g/mol. The van der Waals surface area contributed by atoms with E-state index in [1.54, 1.807) is 12.1 Å². The van der Waals surface area contributed by atoms with Gasteiger partial charge in [0.2, 0.25) is 0 Å². The van der Waals surface area contributed by atoms with Crippen LogP contribution in [0.5, 0.6) is 0 Å². The molecule has 0 atom stereocenters. The molecule has 0 aliphatic carbocycles. The Morgan fingerprint density at radius 2 is 2.09 bits per heavy atom. The summed E-state index contributed by atoms with van der Waals surface area (Å²) < 4.78 is 0. The molecule has 0 aromatic carbocycles. The van der Waals surface area contributed by atoms with Gasteiger partial charge >= 0.3 is 5.97 Å². The molecule has 0 amide bonds. The van der Waals surface area contributed by atoms with Gasteiger partial charge in [0.15, 0.2) is 0 Å². The first-order chi connectivity index (χ1) is 5.22. The zero-order valence-corrected chi connectivity index (χ0v) is 5.52. The van der Waals surface area contributed by atoms with Crippen LogP contribution >= 0.6 is 0 Å². The highest BCUT2D eigenvalue weighted by Gasteiger charge is 2.14. The molecule has 0 saturated carbocycles. The fraction of sp³-hybridized carbons (Fsp3) is 0. The Kier molecular flexibility index (Phi) is 1.96. The van der Waals surface area contributed by atoms with E-state index in [-0.39, 0.29) is 5.69 Å². The zero-order valence-electron chi connectivity index (χ0n) is 5.52. The number of ketones is 1. The number of nitrogens with zero attached hydrogens (tertiary/aromatic N) is 1. The lowest BCUT2D eigenvalue weighted by Gasteiger charge is -1.90. The first-order valence-corrected chi connectivity index (χ1v) is 2.90. The predicted molar refractivity (Wildman–Crippen MR) is 36.2 cm³/mol. The number of rotatable bonds is 2. The Morgan fingerprint density at radius 1 is 1.36 bits per heavy atom. The van der Waals surface area contributed by atoms with Crippen molar-refractivity contribution in [2.24, 2.45) is 0 Å². The van der Waals surface area contributed by atoms with Crippen molar-refractivity contribution in [3.05, 3.63) is 30.1 Å². The summed E-state index contributed by atoms with van der Waals surface area (Å²) in [6, 6.07) is 4.53. The fourth-order valence-corrected chi connectivity index (χ4v) is 0.607. The highest BCUT2D eigenvalue weighted by molar-refractivity contribution is 6.39. The third kappa shape index (κ3) is 1.61. The Bertz CT molecular complexity index is 281. The summed E-state index contributed by atoms with van der Waals surface area (Å²) >= 11 is 0. The van der Waals surface area contributed by atoms with Crippen molar-refractivity contribution in [2.45, 2.75) is 0 Å². The van der Waals surface area contributed by atoms with E-state index in [2.05, 4.69) is 4.98 Å². The van der Waals surface area contributed by atoms with Crippen molar-refractivity contribution < 1.29 is 14.7 Å². The average molecular weight is 153 g/mol. The number of aliphatic carboxylic acids is 1. The SMILES string of the molecule is O=C(c1cccc[15n]1)[13C](=O)O. The van der Waals surface area contributed by atoms with Gasteiger partial charge in [0.1, 0.15) is 5.69 Å². The maximum atomic E-state index is 10.7. The van der Waals surface area contributed by atoms with Gasteiger partial charge in [-0.2, -0.15) is 0 Å². The van der Waals surface area contributed by atoms with Gasteiger partial charge < -0.3 is 5.11 Å². The quantitative estimate of drug-likeness (QED) is 0.378. The maximum absolute atomic E-state index is 10.7. The van der Waals surface area contributed by atoms with Gasteiger partial charge in [0.25, 0.3) is 5.78 Å². The van der Waals surface area contributed by atoms with Crippen molar-refractivity contribution in [3.8, 4) is 0 Å². The molecule has 56 valence electrons. The molecule has 0 saturated heterocycles. The van der Waals surface area contributed by atoms with Gasteiger partial charge in [-0.3, -0.25) is 9.78 Å². The molecule has 0 radical (unpaired) electrons. The molecule has 0 unspecified atom stereocenters. The normalized spacial score (nSPS) is 9.09. The molecule has 0 spiro atoms. The summed E-state index contributed by atoms with van der Waals surface area (Å²) in [6.07, 6.45) is 1.37. The first-order valence-electron chi connectivity index (χ1n) is 2.90. The van der Waals surface area contributed by atoms with Crippen LogP contribution in [0.4, 0.5) is 0 Å². The van der Waals surface area contributed by atoms with Gasteiger partial charge in [0, 0.05) is 6.20 Å². The van der Waals surface area contributed by atoms with Crippen LogP contribution in [0.15, 0.2) is 24.4 Å². The Labute approximate surface area is 62.5 Å². The van der Waals surface area contributed by atoms with Crippen molar-refractivity contribution in [1.29, 1.82) is 0 Å². The number of Topliss-reactive ketones (excluding diaryl/α,β-unsaturated/α-hetero) is 1. The van der Waals surface area contributed by atoms with Crippen molar-refractivity contribution in [3.63, 3.8) is 0 Å². The molecule has 4 heteroatoms. The van der Waals surface area contributed by atoms with Gasteiger partial charge in [-0.15, -0.1) is 0 Å². The Hall–Kier alpha value is -1.71. The molecule has 1 aromatic heterocycles. The van der Waals surface area contributed by atoms with E-state index in [9.17, 15) is 9.59 Å². The lowest BCUT2D eigenvalue weighted by atomic mass is 10.3. The predicted octanol–water partition coefficient (Wildman–Crippen LogP) is 0.349. The number of carbonyl (C=O) groups is 2. The topological polar surface area (TPSA) is 67.3 Å². The summed E-state index contributed by atoms with van der Waals surface area (Å²) in [7, 11) is 0. The van der Waals surface area contributed by atoms with Crippen LogP contribution < -0.4 is 0 Å². The van der Waals surface area contributed by atoms with E-state index in [4.69, 9.17) is 5.11 Å². The van der Waals surface area contributed by atoms with E-state index < -0.39 is 11.8 Å². The summed E-state index contributed by atoms with van der Waals surface area (Å²) in [5.41, 5.74) is -0.0417. The summed E-state index contributed by atoms with van der Waals surface area (Å²) in [5.74, 6) is -2.46. The molecule has 1 N–H and O–H groups in total. The first kappa shape index (κ1) is 7.40. The molecule has 0 aliphatic heterocycles. The third-order valence-corrected chi connectivity index (χ3v) is 1.09. The number of carboxylic acids is 1. The van der Waals surface area contributed by atoms with Crippen molar-refractivity contribution >= 4 is 11.8 Å². The van der Waals surface area contributed by atoms with E-state index in [1.165, 1.54) is 12.3 Å². The average Bonchev–Trinajstić information content (AvgIpc) is 2.05. The smallest absolute Gasteiger partial charge is 0.378 e. The van der Waals surface area contributed by atoms with Crippen LogP contribution in [0.25, 0.3) is 0 Å². The minimum absolute atomic E-state index is 0.0417. The number of carbonyl (C=O) groups excluding carboxylic acids is 1. The molecular formula is C7H5NO3. The highest BCUT2D eigenvalue weighted by Crippen LogP contribution is 1.94. The van der Waals surface area contributed by atoms with Crippen LogP contribution in [-0.4, -0.2) is 21.8 Å². The molecule has 1 heterocycles. The lowest BCUT2D eigenvalue weighted by molar-refractivity contribution is -0.131. The highest BCUT2D eigenvalue weighted by atomic mass is 16.5. The molecule has 4 nitrogen and oxygen atoms in total. The molecule has 1 rings (SSSR count). The number of aromatic nitrogens is 1. The zero-order chi connectivity index (χ0) is 8.27. The monoisotopic (exact) mass is 153 g/mol. The lowest BCUT2D eigenvalue weighted by Crippen LogP contribution is -2.13. The summed E-state index contributed by atoms with van der Waals surface area (Å²) in [6.45, 7) is 0. The number of carboxylic acid groups (broad SMARTS) is 1. The number of pyridine rings is 1. The second-order valence-corrected chi connectivity index (χ2v) is 1.85. The van der Waals surface area contributed by atoms with Crippen molar-refractivity contribution in [1.82, 2.24) is 4.98 Å². The Morgan fingerprint density at radius 3 is 2.55 bits per heavy atom. The summed E-state index contributed by atoms with van der Waals surface area (Å²) in [4.78, 5) is 24.4. The van der Waals surface area contributed by atoms with Gasteiger partial charge in [-0.25, -0.2) is 4.79 Å². The van der Waals surface area contributed by atoms with Crippen LogP contribution in [0.3, 0.4) is 0 Å². The summed E-state index contributed by atoms with van der Waals surface area (Å²) in [5, 5.41) is 8.25. The van der Waals surface area contributed by atoms with Gasteiger partial charge in [0.05, 0.1) is 0 Å². The van der Waals surface area contributed by atoms with E-state index in [0.29, 0.717) is 0 Å². The van der Waals surface area contributed by atoms with Crippen LogP contribution in [0.2, 0.25) is 0 Å². The van der Waals surface area contributed by atoms with Crippen molar-refractivity contribution in [2.75, 3.05) is 0 Å². The van der Waals surface area contributed by atoms with E-state index in [1.807, 2.05) is 0 Å². The fourth-order valence-electron chi connectivity index (χ4n) is 0.607. The second-order valence-electron chi connectivity index (χ2n) is 1.85. The van der Waals surface area contributed by atoms with Crippen LogP contribution in [0, 0.1) is 0 Å². The van der Waals surface area contributed by atoms with Crippen LogP contribution in [-0.2, 0) is 4.79 Å². The Balaban J connectivity index is 2.95. The molecule has 0 fully saturated rings. The maximum Gasteiger partial charge on any atom is 0.378 e. The molecule has 1 aromatic rings. The minimum atomic E-state index is -1.48. The molecule has 0 bridgehead atoms. The van der Waals surface area contributed by atoms with E-state index in [0.717, 1.165) is 0 Å². The van der Waals surface area contributed by atoms with Gasteiger partial charge in [-0.05, 0) is 12.1 Å². The second kappa shape index (κ2) is 2.92. The largest absolute Gasteiger partial charge is 0.475 e. The number of hydrogen-bond acceptors (Lipinski definition) is 3. The third-order valence-electron chi connectivity index (χ3n) is 1.09. The standard InChI is InChI=1S/C7H5NO3/c9-6(7(10)11)5-3-1-2-4-8-5/h1-4H,(H,10,11)/i7+1,8+1. The number of hydrogen-bond donors (Lipinski definition) is 1. The van der Waals surface area contributed by atoms with Crippen LogP contribution in [0.1, 0.15) is 10.5 Å². The van der Waals surface area contributed by atoms with Gasteiger partial charge in [-0.1, -0.05) is 6.07 Å². The minimum Gasteiger partial charge on any atom is -0.475 e.